The van der Waals surface area contributed by atoms with Crippen molar-refractivity contribution in [3.63, 3.8) is 0 Å². The van der Waals surface area contributed by atoms with Crippen LogP contribution in [0.4, 0.5) is 10.1 Å². The first-order valence-corrected chi connectivity index (χ1v) is 5.51. The van der Waals surface area contributed by atoms with E-state index in [-0.39, 0.29) is 28.6 Å². The van der Waals surface area contributed by atoms with Crippen LogP contribution in [0.1, 0.15) is 30.6 Å². The second kappa shape index (κ2) is 4.00. The van der Waals surface area contributed by atoms with Crippen LogP contribution in [-0.2, 0) is 0 Å². The molecular formula is C12H16FN3O. The first-order valence-electron chi connectivity index (χ1n) is 5.51. The van der Waals surface area contributed by atoms with Crippen molar-refractivity contribution in [3.8, 4) is 0 Å². The zero-order valence-electron chi connectivity index (χ0n) is 9.88. The van der Waals surface area contributed by atoms with Crippen molar-refractivity contribution in [2.45, 2.75) is 26.3 Å². The largest absolute Gasteiger partial charge is 0.349 e. The summed E-state index contributed by atoms with van der Waals surface area (Å²) in [6.45, 7) is 4.15. The van der Waals surface area contributed by atoms with Gasteiger partial charge in [-0.25, -0.2) is 4.39 Å². The van der Waals surface area contributed by atoms with E-state index in [1.807, 2.05) is 0 Å². The predicted molar refractivity (Wildman–Crippen MR) is 63.9 cm³/mol. The van der Waals surface area contributed by atoms with E-state index in [1.54, 1.807) is 6.07 Å². The number of nitrogens with two attached hydrogens (primary N) is 1. The number of hydrazine groups is 1. The van der Waals surface area contributed by atoms with Gasteiger partial charge >= 0.3 is 0 Å². The van der Waals surface area contributed by atoms with Crippen LogP contribution < -0.4 is 16.6 Å². The smallest absolute Gasteiger partial charge is 0.253 e. The molecule has 4 N–H and O–H groups in total. The molecule has 0 spiro atoms. The van der Waals surface area contributed by atoms with Gasteiger partial charge < -0.3 is 10.7 Å². The Morgan fingerprint density at radius 2 is 2.18 bits per heavy atom. The number of nitrogens with one attached hydrogen (secondary N) is 2. The lowest BCUT2D eigenvalue weighted by Gasteiger charge is -2.11. The summed E-state index contributed by atoms with van der Waals surface area (Å²) in [5.41, 5.74) is 2.62. The maximum atomic E-state index is 13.4. The second-order valence-corrected chi connectivity index (χ2v) is 5.03. The molecule has 1 unspecified atom stereocenters. The van der Waals surface area contributed by atoms with Gasteiger partial charge in [0.2, 0.25) is 0 Å². The predicted octanol–water partition coefficient (Wildman–Crippen LogP) is 1.64. The monoisotopic (exact) mass is 237 g/mol. The number of anilines is 1. The fraction of sp³-hybridized carbons (Fsp3) is 0.417. The van der Waals surface area contributed by atoms with Crippen molar-refractivity contribution >= 4 is 11.6 Å². The van der Waals surface area contributed by atoms with Crippen LogP contribution >= 0.6 is 0 Å². The first kappa shape index (κ1) is 11.9. The van der Waals surface area contributed by atoms with Gasteiger partial charge in [-0.3, -0.25) is 10.6 Å². The summed E-state index contributed by atoms with van der Waals surface area (Å²) >= 11 is 0. The zero-order valence-corrected chi connectivity index (χ0v) is 9.88. The summed E-state index contributed by atoms with van der Waals surface area (Å²) < 4.78 is 13.4. The van der Waals surface area contributed by atoms with E-state index in [4.69, 9.17) is 5.84 Å². The highest BCUT2D eigenvalue weighted by atomic mass is 19.1. The molecule has 1 atom stereocenters. The Morgan fingerprint density at radius 3 is 2.71 bits per heavy atom. The number of carbonyl (C=O) groups is 1. The molecule has 4 nitrogen and oxygen atoms in total. The van der Waals surface area contributed by atoms with Crippen molar-refractivity contribution in [1.29, 1.82) is 0 Å². The van der Waals surface area contributed by atoms with Gasteiger partial charge in [0.15, 0.2) is 0 Å². The Bertz CT molecular complexity index is 459. The highest BCUT2D eigenvalue weighted by Crippen LogP contribution is 2.44. The molecule has 92 valence electrons. The summed E-state index contributed by atoms with van der Waals surface area (Å²) in [7, 11) is 0. The Labute approximate surface area is 99.4 Å². The number of benzene rings is 1. The molecular weight excluding hydrogens is 221 g/mol. The van der Waals surface area contributed by atoms with E-state index in [2.05, 4.69) is 24.6 Å². The minimum absolute atomic E-state index is 0.0310. The van der Waals surface area contributed by atoms with E-state index in [0.29, 0.717) is 0 Å². The summed E-state index contributed by atoms with van der Waals surface area (Å²) in [5, 5.41) is 2.86. The molecule has 1 amide bonds. The third kappa shape index (κ3) is 2.24. The second-order valence-electron chi connectivity index (χ2n) is 5.03. The van der Waals surface area contributed by atoms with Crippen molar-refractivity contribution in [1.82, 2.24) is 5.32 Å². The average molecular weight is 237 g/mol. The number of para-hydroxylation sites is 1. The topological polar surface area (TPSA) is 67.2 Å². The van der Waals surface area contributed by atoms with Crippen LogP contribution in [0.3, 0.4) is 0 Å². The van der Waals surface area contributed by atoms with Gasteiger partial charge in [0.05, 0.1) is 11.3 Å². The van der Waals surface area contributed by atoms with Gasteiger partial charge in [0.25, 0.3) is 5.91 Å². The Hall–Kier alpha value is -1.62. The molecule has 1 saturated carbocycles. The summed E-state index contributed by atoms with van der Waals surface area (Å²) in [4.78, 5) is 11.9. The molecule has 1 aromatic rings. The number of hydrogen-bond donors (Lipinski definition) is 3. The minimum Gasteiger partial charge on any atom is -0.349 e. The molecule has 17 heavy (non-hydrogen) atoms. The Kier molecular flexibility index (Phi) is 2.79. The van der Waals surface area contributed by atoms with E-state index in [0.717, 1.165) is 6.42 Å². The van der Waals surface area contributed by atoms with Gasteiger partial charge in [0, 0.05) is 6.04 Å². The lowest BCUT2D eigenvalue weighted by molar-refractivity contribution is 0.0946. The molecule has 0 saturated heterocycles. The SMILES string of the molecule is CC1(C)CC1NC(=O)c1cccc(F)c1NN. The third-order valence-electron chi connectivity index (χ3n) is 3.22. The number of carbonyl (C=O) groups excluding carboxylic acids is 1. The number of rotatable bonds is 3. The number of hydrogen-bond acceptors (Lipinski definition) is 3. The van der Waals surface area contributed by atoms with Gasteiger partial charge in [-0.2, -0.15) is 0 Å². The Morgan fingerprint density at radius 1 is 1.53 bits per heavy atom. The highest BCUT2D eigenvalue weighted by Gasteiger charge is 2.46. The van der Waals surface area contributed by atoms with Crippen LogP contribution in [-0.4, -0.2) is 11.9 Å². The van der Waals surface area contributed by atoms with E-state index in [1.165, 1.54) is 12.1 Å². The van der Waals surface area contributed by atoms with Gasteiger partial charge in [0.1, 0.15) is 5.82 Å². The highest BCUT2D eigenvalue weighted by molar-refractivity contribution is 6.00. The first-order chi connectivity index (χ1) is 7.95. The van der Waals surface area contributed by atoms with Crippen LogP contribution in [0.5, 0.6) is 0 Å². The molecule has 1 fully saturated rings. The maximum absolute atomic E-state index is 13.4. The van der Waals surface area contributed by atoms with Crippen LogP contribution in [0, 0.1) is 11.2 Å². The standard InChI is InChI=1S/C12H16FN3O/c1-12(2)6-9(12)15-11(17)7-4-3-5-8(13)10(7)16-14/h3-5,9,16H,6,14H2,1-2H3,(H,15,17). The summed E-state index contributed by atoms with van der Waals surface area (Å²) in [5.74, 6) is 4.39. The van der Waals surface area contributed by atoms with E-state index in [9.17, 15) is 9.18 Å². The van der Waals surface area contributed by atoms with Crippen LogP contribution in [0.2, 0.25) is 0 Å². The average Bonchev–Trinajstić information content (AvgIpc) is 2.85. The van der Waals surface area contributed by atoms with Gasteiger partial charge in [-0.15, -0.1) is 0 Å². The lowest BCUT2D eigenvalue weighted by Crippen LogP contribution is -2.29. The molecule has 0 heterocycles. The lowest BCUT2D eigenvalue weighted by atomic mass is 10.1. The van der Waals surface area contributed by atoms with Crippen molar-refractivity contribution in [2.75, 3.05) is 5.43 Å². The molecule has 2 rings (SSSR count). The van der Waals surface area contributed by atoms with Gasteiger partial charge in [-0.05, 0) is 24.0 Å². The van der Waals surface area contributed by atoms with E-state index < -0.39 is 5.82 Å². The Balaban J connectivity index is 2.17. The molecule has 0 bridgehead atoms. The molecule has 1 aromatic carbocycles. The normalized spacial score (nSPS) is 20.8. The number of nitrogen functional groups attached to an aromatic ring is 1. The van der Waals surface area contributed by atoms with Crippen molar-refractivity contribution < 1.29 is 9.18 Å². The molecule has 1 aliphatic rings. The van der Waals surface area contributed by atoms with Gasteiger partial charge in [-0.1, -0.05) is 19.9 Å². The summed E-state index contributed by atoms with van der Waals surface area (Å²) in [6, 6.07) is 4.45. The van der Waals surface area contributed by atoms with Crippen LogP contribution in [0.15, 0.2) is 18.2 Å². The minimum atomic E-state index is -0.532. The summed E-state index contributed by atoms with van der Waals surface area (Å²) in [6.07, 6.45) is 0.944. The maximum Gasteiger partial charge on any atom is 0.253 e. The molecule has 5 heteroatoms. The number of amides is 1. The quantitative estimate of drug-likeness (QED) is 0.553. The van der Waals surface area contributed by atoms with E-state index >= 15 is 0 Å². The molecule has 0 aliphatic heterocycles. The fourth-order valence-corrected chi connectivity index (χ4v) is 1.81. The fourth-order valence-electron chi connectivity index (χ4n) is 1.81. The van der Waals surface area contributed by atoms with Crippen molar-refractivity contribution in [3.05, 3.63) is 29.6 Å². The molecule has 1 aliphatic carbocycles. The van der Waals surface area contributed by atoms with Crippen LogP contribution in [0.25, 0.3) is 0 Å². The molecule has 0 radical (unpaired) electrons. The zero-order chi connectivity index (χ0) is 12.6. The molecule has 0 aromatic heterocycles. The third-order valence-corrected chi connectivity index (χ3v) is 3.22. The van der Waals surface area contributed by atoms with Crippen molar-refractivity contribution in [2.24, 2.45) is 11.3 Å². The number of halogens is 1.